The van der Waals surface area contributed by atoms with Crippen molar-refractivity contribution in [1.29, 1.82) is 0 Å². The maximum Gasteiger partial charge on any atom is 0.338 e. The molecule has 0 spiro atoms. The van der Waals surface area contributed by atoms with Gasteiger partial charge in [0.1, 0.15) is 18.3 Å². The molecule has 0 heterocycles. The molecule has 0 bridgehead atoms. The van der Waals surface area contributed by atoms with Gasteiger partial charge in [0.05, 0.1) is 22.3 Å². The molecule has 0 amide bonds. The quantitative estimate of drug-likeness (QED) is 0.123. The molecule has 0 unspecified atom stereocenters. The van der Waals surface area contributed by atoms with Crippen LogP contribution in [0.15, 0.2) is 84.4 Å². The Hall–Kier alpha value is -4.23. The fourth-order valence-electron chi connectivity index (χ4n) is 13.5. The van der Waals surface area contributed by atoms with Gasteiger partial charge in [0, 0.05) is 17.3 Å². The number of rotatable bonds is 10. The van der Waals surface area contributed by atoms with Crippen molar-refractivity contribution in [1.82, 2.24) is 0 Å². The van der Waals surface area contributed by atoms with Gasteiger partial charge in [-0.05, 0) is 157 Å². The normalized spacial score (nSPS) is 33.5. The summed E-state index contributed by atoms with van der Waals surface area (Å²) in [7, 11) is 0. The van der Waals surface area contributed by atoms with E-state index in [1.807, 2.05) is 100 Å². The number of ether oxygens (including phenoxy) is 3. The van der Waals surface area contributed by atoms with E-state index in [0.29, 0.717) is 42.4 Å². The Morgan fingerprint density at radius 3 is 1.66 bits per heavy atom. The first-order valence-corrected chi connectivity index (χ1v) is 22.8. The summed E-state index contributed by atoms with van der Waals surface area (Å²) < 4.78 is 20.1. The van der Waals surface area contributed by atoms with Gasteiger partial charge >= 0.3 is 17.9 Å². The maximum atomic E-state index is 14.3. The molecule has 3 aromatic rings. The molecule has 0 saturated heterocycles. The average Bonchev–Trinajstić information content (AvgIpc) is 3.57. The predicted octanol–water partition coefficient (Wildman–Crippen LogP) is 12.0. The van der Waals surface area contributed by atoms with Crippen molar-refractivity contribution in [2.75, 3.05) is 0 Å². The number of aliphatic hydroxyl groups is 1. The van der Waals surface area contributed by atoms with E-state index in [4.69, 9.17) is 14.2 Å². The fourth-order valence-corrected chi connectivity index (χ4v) is 13.5. The zero-order valence-electron chi connectivity index (χ0n) is 38.6. The minimum Gasteiger partial charge on any atom is -0.458 e. The maximum absolute atomic E-state index is 14.3. The molecule has 7 heteroatoms. The van der Waals surface area contributed by atoms with Crippen LogP contribution in [-0.2, 0) is 14.2 Å². The van der Waals surface area contributed by atoms with Crippen LogP contribution in [0.4, 0.5) is 0 Å². The van der Waals surface area contributed by atoms with E-state index < -0.39 is 34.7 Å². The van der Waals surface area contributed by atoms with Crippen molar-refractivity contribution >= 4 is 17.9 Å². The van der Waals surface area contributed by atoms with Gasteiger partial charge in [0.2, 0.25) is 0 Å². The molecule has 1 N–H and O–H groups in total. The zero-order chi connectivity index (χ0) is 44.3. The van der Waals surface area contributed by atoms with Crippen molar-refractivity contribution in [2.24, 2.45) is 45.3 Å². The van der Waals surface area contributed by atoms with Gasteiger partial charge in [0.25, 0.3) is 0 Å². The molecule has 4 aliphatic carbocycles. The molecule has 61 heavy (non-hydrogen) atoms. The third-order valence-corrected chi connectivity index (χ3v) is 16.8. The number of hydrogen-bond acceptors (Lipinski definition) is 7. The average molecular weight is 831 g/mol. The van der Waals surface area contributed by atoms with Crippen molar-refractivity contribution < 1.29 is 33.7 Å². The van der Waals surface area contributed by atoms with Crippen LogP contribution < -0.4 is 0 Å². The summed E-state index contributed by atoms with van der Waals surface area (Å²) in [4.78, 5) is 42.3. The van der Waals surface area contributed by atoms with Gasteiger partial charge in [-0.2, -0.15) is 0 Å². The lowest BCUT2D eigenvalue weighted by molar-refractivity contribution is -0.273. The van der Waals surface area contributed by atoms with E-state index >= 15 is 0 Å². The summed E-state index contributed by atoms with van der Waals surface area (Å²) in [6, 6.07) is 22.6. The van der Waals surface area contributed by atoms with E-state index in [2.05, 4.69) is 54.5 Å². The SMILES string of the molecule is CC(C)=CCC[C@](C)(O)[C@H]1CC[C@]2(C)[C@@H]1[C@H](OC(=O)c1ccc(C)cc1)C[C@@H]1[C@@]3(C)CC[C@H](OC(=O)c4ccc(C)cc4)C(C)(C)[C@@H]3[C@@H](OC(=O)c3ccc(C)cc3)C[C@]12C. The second-order valence-corrected chi connectivity index (χ2v) is 21.4. The summed E-state index contributed by atoms with van der Waals surface area (Å²) in [5, 5.41) is 12.5. The molecule has 7 nitrogen and oxygen atoms in total. The van der Waals surface area contributed by atoms with Gasteiger partial charge in [-0.3, -0.25) is 0 Å². The van der Waals surface area contributed by atoms with E-state index in [1.165, 1.54) is 5.57 Å². The van der Waals surface area contributed by atoms with E-state index in [9.17, 15) is 19.5 Å². The lowest BCUT2D eigenvalue weighted by Gasteiger charge is -2.71. The Kier molecular flexibility index (Phi) is 12.1. The van der Waals surface area contributed by atoms with Crippen LogP contribution >= 0.6 is 0 Å². The Morgan fingerprint density at radius 1 is 0.689 bits per heavy atom. The zero-order valence-corrected chi connectivity index (χ0v) is 38.6. The van der Waals surface area contributed by atoms with Crippen LogP contribution in [0, 0.1) is 66.1 Å². The summed E-state index contributed by atoms with van der Waals surface area (Å²) in [6.07, 6.45) is 6.52. The Bertz CT molecular complexity index is 2130. The molecule has 4 saturated carbocycles. The first-order chi connectivity index (χ1) is 28.6. The molecular formula is C54H70O7. The minimum atomic E-state index is -0.994. The van der Waals surface area contributed by atoms with E-state index in [-0.39, 0.29) is 52.4 Å². The molecule has 4 aliphatic rings. The predicted molar refractivity (Wildman–Crippen MR) is 240 cm³/mol. The van der Waals surface area contributed by atoms with E-state index in [1.54, 1.807) is 0 Å². The third-order valence-electron chi connectivity index (χ3n) is 16.8. The molecular weight excluding hydrogens is 761 g/mol. The highest BCUT2D eigenvalue weighted by Gasteiger charge is 2.74. The molecule has 3 aromatic carbocycles. The molecule has 0 radical (unpaired) electrons. The van der Waals surface area contributed by atoms with Crippen LogP contribution in [0.1, 0.15) is 155 Å². The number of hydrogen-bond donors (Lipinski definition) is 1. The summed E-state index contributed by atoms with van der Waals surface area (Å²) in [6.45, 7) is 23.7. The molecule has 4 fully saturated rings. The van der Waals surface area contributed by atoms with Gasteiger partial charge in [-0.15, -0.1) is 0 Å². The Labute approximate surface area is 365 Å². The van der Waals surface area contributed by atoms with Crippen molar-refractivity contribution in [3.05, 3.63) is 118 Å². The van der Waals surface area contributed by atoms with Crippen LogP contribution in [0.25, 0.3) is 0 Å². The lowest BCUT2D eigenvalue weighted by atomic mass is 9.34. The topological polar surface area (TPSA) is 99.1 Å². The number of aryl methyl sites for hydroxylation is 3. The van der Waals surface area contributed by atoms with Crippen LogP contribution in [0.2, 0.25) is 0 Å². The van der Waals surface area contributed by atoms with Gasteiger partial charge in [0.15, 0.2) is 0 Å². The highest BCUT2D eigenvalue weighted by molar-refractivity contribution is 5.90. The highest BCUT2D eigenvalue weighted by Crippen LogP contribution is 2.76. The Morgan fingerprint density at radius 2 is 1.16 bits per heavy atom. The van der Waals surface area contributed by atoms with Crippen LogP contribution in [0.5, 0.6) is 0 Å². The lowest BCUT2D eigenvalue weighted by Crippen LogP contribution is -2.70. The van der Waals surface area contributed by atoms with Gasteiger partial charge in [-0.25, -0.2) is 14.4 Å². The van der Waals surface area contributed by atoms with Crippen LogP contribution in [0.3, 0.4) is 0 Å². The van der Waals surface area contributed by atoms with Gasteiger partial charge in [-0.1, -0.05) is 99.4 Å². The molecule has 0 aromatic heterocycles. The molecule has 11 atom stereocenters. The number of carbonyl (C=O) groups excluding carboxylic acids is 3. The van der Waals surface area contributed by atoms with E-state index in [0.717, 1.165) is 42.4 Å². The number of esters is 3. The summed E-state index contributed by atoms with van der Waals surface area (Å²) >= 11 is 0. The number of allylic oxidation sites excluding steroid dienone is 2. The molecule has 328 valence electrons. The summed E-state index contributed by atoms with van der Waals surface area (Å²) in [5.41, 5.74) is 3.28. The van der Waals surface area contributed by atoms with Crippen molar-refractivity contribution in [3.8, 4) is 0 Å². The second-order valence-electron chi connectivity index (χ2n) is 21.4. The molecule has 0 aliphatic heterocycles. The standard InChI is InChI=1S/C54H70O7/c1-33(2)13-12-28-54(11,58)40-26-30-52(9)45(40)41(59-47(55)37-20-14-34(3)15-21-37)31-43-51(8)29-27-44(61-49(57)39-24-18-36(5)19-25-39)50(6,7)46(51)42(32-53(43,52)10)60-48(56)38-22-16-35(4)17-23-38/h13-25,40-46,58H,12,26-32H2,1-11H3/t40-,41+,42-,43+,44-,45-,46-,51+,52+,53+,54-/m0/s1. The largest absolute Gasteiger partial charge is 0.458 e. The van der Waals surface area contributed by atoms with Gasteiger partial charge < -0.3 is 19.3 Å². The third kappa shape index (κ3) is 8.14. The monoisotopic (exact) mass is 831 g/mol. The fraction of sp³-hybridized carbons (Fsp3) is 0.574. The Balaban J connectivity index is 1.32. The first-order valence-electron chi connectivity index (χ1n) is 22.8. The van der Waals surface area contributed by atoms with Crippen molar-refractivity contribution in [2.45, 2.75) is 151 Å². The van der Waals surface area contributed by atoms with Crippen molar-refractivity contribution in [3.63, 3.8) is 0 Å². The number of benzene rings is 3. The smallest absolute Gasteiger partial charge is 0.338 e. The summed E-state index contributed by atoms with van der Waals surface area (Å²) in [5.74, 6) is -1.38. The number of carbonyl (C=O) groups is 3. The second kappa shape index (κ2) is 16.5. The van der Waals surface area contributed by atoms with Crippen LogP contribution in [-0.4, -0.2) is 46.9 Å². The number of fused-ring (bicyclic) bond motifs is 5. The minimum absolute atomic E-state index is 0.0683. The molecule has 7 rings (SSSR count). The first kappa shape index (κ1) is 44.8. The highest BCUT2D eigenvalue weighted by atomic mass is 16.6.